The maximum absolute atomic E-state index is 10.6. The molecule has 0 aliphatic carbocycles. The number of likely N-dealkylation sites (tertiary alicyclic amines) is 1. The molecule has 1 rings (SSSR count). The minimum atomic E-state index is -0.651. The van der Waals surface area contributed by atoms with Crippen LogP contribution in [-0.4, -0.2) is 42.2 Å². The summed E-state index contributed by atoms with van der Waals surface area (Å²) < 4.78 is 0. The maximum atomic E-state index is 10.6. The van der Waals surface area contributed by atoms with Crippen LogP contribution in [0.4, 0.5) is 0 Å². The first-order valence-electron chi connectivity index (χ1n) is 4.39. The third-order valence-corrected chi connectivity index (χ3v) is 2.38. The number of rotatable bonds is 3. The van der Waals surface area contributed by atoms with Gasteiger partial charge in [-0.2, -0.15) is 0 Å². The first-order valence-corrected chi connectivity index (χ1v) is 4.39. The molecule has 4 nitrogen and oxygen atoms in total. The third-order valence-electron chi connectivity index (χ3n) is 2.38. The molecule has 0 aromatic carbocycles. The van der Waals surface area contributed by atoms with E-state index in [9.17, 15) is 4.79 Å². The number of halogens is 2. The fourth-order valence-corrected chi connectivity index (χ4v) is 1.59. The number of nitrogens with zero attached hydrogens (tertiary/aromatic N) is 1. The number of piperidine rings is 1. The van der Waals surface area contributed by atoms with Crippen LogP contribution in [0.15, 0.2) is 0 Å². The normalized spacial score (nSPS) is 18.1. The van der Waals surface area contributed by atoms with Gasteiger partial charge in [-0.25, -0.2) is 0 Å². The lowest BCUT2D eigenvalue weighted by Gasteiger charge is -2.29. The van der Waals surface area contributed by atoms with E-state index < -0.39 is 5.97 Å². The van der Waals surface area contributed by atoms with Crippen LogP contribution >= 0.6 is 24.8 Å². The maximum Gasteiger partial charge on any atom is 0.306 e. The van der Waals surface area contributed by atoms with Gasteiger partial charge in [0, 0.05) is 13.1 Å². The average Bonchev–Trinajstić information content (AvgIpc) is 2.06. The van der Waals surface area contributed by atoms with Gasteiger partial charge in [0.1, 0.15) is 0 Å². The Morgan fingerprint density at radius 3 is 2.21 bits per heavy atom. The van der Waals surface area contributed by atoms with Crippen LogP contribution in [0.5, 0.6) is 0 Å². The first kappa shape index (κ1) is 16.4. The Kier molecular flexibility index (Phi) is 9.72. The Balaban J connectivity index is 0. The predicted molar refractivity (Wildman–Crippen MR) is 60.4 cm³/mol. The summed E-state index contributed by atoms with van der Waals surface area (Å²) >= 11 is 0. The molecule has 6 heteroatoms. The van der Waals surface area contributed by atoms with Crippen LogP contribution in [0.25, 0.3) is 0 Å². The number of carboxylic acids is 1. The molecule has 1 saturated heterocycles. The molecule has 0 atom stereocenters. The fourth-order valence-electron chi connectivity index (χ4n) is 1.59. The first-order chi connectivity index (χ1) is 5.74. The Bertz CT molecular complexity index is 161. The highest BCUT2D eigenvalue weighted by Crippen LogP contribution is 2.16. The van der Waals surface area contributed by atoms with E-state index in [1.165, 1.54) is 0 Å². The second-order valence-electron chi connectivity index (χ2n) is 3.24. The number of hydrogen-bond acceptors (Lipinski definition) is 3. The van der Waals surface area contributed by atoms with Gasteiger partial charge in [-0.05, 0) is 25.9 Å². The topological polar surface area (TPSA) is 66.6 Å². The van der Waals surface area contributed by atoms with E-state index in [4.69, 9.17) is 10.8 Å². The second kappa shape index (κ2) is 8.29. The lowest BCUT2D eigenvalue weighted by atomic mass is 9.97. The van der Waals surface area contributed by atoms with Gasteiger partial charge in [0.15, 0.2) is 0 Å². The van der Waals surface area contributed by atoms with Crippen LogP contribution in [0.2, 0.25) is 0 Å². The fraction of sp³-hybridized carbons (Fsp3) is 0.875. The van der Waals surface area contributed by atoms with Crippen LogP contribution in [0.1, 0.15) is 12.8 Å². The van der Waals surface area contributed by atoms with Crippen LogP contribution in [-0.2, 0) is 4.79 Å². The molecule has 1 aliphatic heterocycles. The monoisotopic (exact) mass is 244 g/mol. The summed E-state index contributed by atoms with van der Waals surface area (Å²) in [5.74, 6) is -0.776. The SMILES string of the molecule is Cl.Cl.NCCN1CCC(C(=O)O)CC1. The van der Waals surface area contributed by atoms with Crippen molar-refractivity contribution in [3.63, 3.8) is 0 Å². The van der Waals surface area contributed by atoms with Crippen LogP contribution < -0.4 is 5.73 Å². The molecule has 14 heavy (non-hydrogen) atoms. The Labute approximate surface area is 96.6 Å². The largest absolute Gasteiger partial charge is 0.481 e. The summed E-state index contributed by atoms with van der Waals surface area (Å²) in [5.41, 5.74) is 5.40. The molecular formula is C8H18Cl2N2O2. The highest BCUT2D eigenvalue weighted by Gasteiger charge is 2.23. The molecular weight excluding hydrogens is 227 g/mol. The van der Waals surface area contributed by atoms with Crippen molar-refractivity contribution in [2.24, 2.45) is 11.7 Å². The van der Waals surface area contributed by atoms with E-state index >= 15 is 0 Å². The van der Waals surface area contributed by atoms with E-state index in [0.717, 1.165) is 32.5 Å². The van der Waals surface area contributed by atoms with Gasteiger partial charge in [0.2, 0.25) is 0 Å². The van der Waals surface area contributed by atoms with E-state index in [1.54, 1.807) is 0 Å². The predicted octanol–water partition coefficient (Wildman–Crippen LogP) is 0.585. The van der Waals surface area contributed by atoms with E-state index in [1.807, 2.05) is 0 Å². The van der Waals surface area contributed by atoms with Gasteiger partial charge >= 0.3 is 5.97 Å². The summed E-state index contributed by atoms with van der Waals surface area (Å²) in [6, 6.07) is 0. The van der Waals surface area contributed by atoms with Crippen molar-refractivity contribution in [1.82, 2.24) is 4.90 Å². The third kappa shape index (κ3) is 5.00. The highest BCUT2D eigenvalue weighted by atomic mass is 35.5. The van der Waals surface area contributed by atoms with Crippen LogP contribution in [0, 0.1) is 5.92 Å². The molecule has 1 heterocycles. The molecule has 3 N–H and O–H groups in total. The van der Waals surface area contributed by atoms with Gasteiger partial charge < -0.3 is 15.7 Å². The van der Waals surface area contributed by atoms with Crippen molar-refractivity contribution in [3.05, 3.63) is 0 Å². The summed E-state index contributed by atoms with van der Waals surface area (Å²) in [5, 5.41) is 8.71. The Morgan fingerprint density at radius 1 is 1.36 bits per heavy atom. The number of carboxylic acid groups (broad SMARTS) is 1. The zero-order valence-electron chi connectivity index (χ0n) is 8.02. The van der Waals surface area contributed by atoms with Gasteiger partial charge in [0.25, 0.3) is 0 Å². The number of carbonyl (C=O) groups is 1. The molecule has 1 fully saturated rings. The summed E-state index contributed by atoms with van der Waals surface area (Å²) in [7, 11) is 0. The quantitative estimate of drug-likeness (QED) is 0.763. The van der Waals surface area contributed by atoms with Crippen molar-refractivity contribution in [2.75, 3.05) is 26.2 Å². The van der Waals surface area contributed by atoms with Crippen molar-refractivity contribution in [1.29, 1.82) is 0 Å². The minimum Gasteiger partial charge on any atom is -0.481 e. The summed E-state index contributed by atoms with van der Waals surface area (Å²) in [6.07, 6.45) is 1.55. The molecule has 0 saturated carbocycles. The number of nitrogens with two attached hydrogens (primary N) is 1. The lowest BCUT2D eigenvalue weighted by molar-refractivity contribution is -0.143. The van der Waals surface area contributed by atoms with Gasteiger partial charge in [-0.1, -0.05) is 0 Å². The van der Waals surface area contributed by atoms with E-state index in [2.05, 4.69) is 4.90 Å². The summed E-state index contributed by atoms with van der Waals surface area (Å²) in [6.45, 7) is 3.33. The smallest absolute Gasteiger partial charge is 0.306 e. The summed E-state index contributed by atoms with van der Waals surface area (Å²) in [4.78, 5) is 12.8. The standard InChI is InChI=1S/C8H16N2O2.2ClH/c9-3-6-10-4-1-7(2-5-10)8(11)12;;/h7H,1-6,9H2,(H,11,12);2*1H. The molecule has 0 aromatic heterocycles. The van der Waals surface area contributed by atoms with Crippen molar-refractivity contribution in [2.45, 2.75) is 12.8 Å². The van der Waals surface area contributed by atoms with Gasteiger partial charge in [-0.3, -0.25) is 4.79 Å². The molecule has 0 aromatic rings. The minimum absolute atomic E-state index is 0. The molecule has 0 spiro atoms. The Hall–Kier alpha value is -0.0300. The second-order valence-corrected chi connectivity index (χ2v) is 3.24. The van der Waals surface area contributed by atoms with Crippen molar-refractivity contribution < 1.29 is 9.90 Å². The van der Waals surface area contributed by atoms with Crippen LogP contribution in [0.3, 0.4) is 0 Å². The molecule has 86 valence electrons. The van der Waals surface area contributed by atoms with Crippen molar-refractivity contribution in [3.8, 4) is 0 Å². The average molecular weight is 245 g/mol. The number of hydrogen-bond donors (Lipinski definition) is 2. The molecule has 0 unspecified atom stereocenters. The van der Waals surface area contributed by atoms with Gasteiger partial charge in [0.05, 0.1) is 5.92 Å². The van der Waals surface area contributed by atoms with Crippen molar-refractivity contribution >= 4 is 30.8 Å². The van der Waals surface area contributed by atoms with E-state index in [-0.39, 0.29) is 30.7 Å². The lowest BCUT2D eigenvalue weighted by Crippen LogP contribution is -2.38. The number of aliphatic carboxylic acids is 1. The zero-order valence-corrected chi connectivity index (χ0v) is 9.65. The zero-order chi connectivity index (χ0) is 8.97. The molecule has 0 bridgehead atoms. The highest BCUT2D eigenvalue weighted by molar-refractivity contribution is 5.85. The molecule has 1 aliphatic rings. The molecule has 0 amide bonds. The van der Waals surface area contributed by atoms with E-state index in [0.29, 0.717) is 6.54 Å². The Morgan fingerprint density at radius 2 is 1.86 bits per heavy atom. The van der Waals surface area contributed by atoms with Gasteiger partial charge in [-0.15, -0.1) is 24.8 Å². The molecule has 0 radical (unpaired) electrons.